The predicted molar refractivity (Wildman–Crippen MR) is 50.7 cm³/mol. The zero-order valence-corrected chi connectivity index (χ0v) is 7.20. The van der Waals surface area contributed by atoms with Gasteiger partial charge >= 0.3 is 0 Å². The molecule has 14 heavy (non-hydrogen) atoms. The molecule has 0 aromatic rings. The minimum Gasteiger partial charge on any atom is -0.506 e. The van der Waals surface area contributed by atoms with Crippen LogP contribution in [-0.2, 0) is 0 Å². The number of allylic oxidation sites excluding steroid dienone is 2. The van der Waals surface area contributed by atoms with Crippen LogP contribution in [0.15, 0.2) is 40.8 Å². The van der Waals surface area contributed by atoms with E-state index in [1.807, 2.05) is 0 Å². The average Bonchev–Trinajstić information content (AvgIpc) is 2.18. The van der Waals surface area contributed by atoms with E-state index < -0.39 is 12.0 Å². The summed E-state index contributed by atoms with van der Waals surface area (Å²) >= 11 is 0. The van der Waals surface area contributed by atoms with E-state index in [0.717, 1.165) is 0 Å². The van der Waals surface area contributed by atoms with Crippen molar-refractivity contribution < 1.29 is 10.0 Å². The van der Waals surface area contributed by atoms with Gasteiger partial charge in [0.05, 0.1) is 11.6 Å². The molecule has 0 spiro atoms. The van der Waals surface area contributed by atoms with Gasteiger partial charge in [0.2, 0.25) is 6.04 Å². The molecule has 5 nitrogen and oxygen atoms in total. The first-order chi connectivity index (χ1) is 6.70. The number of nitro groups is 1. The summed E-state index contributed by atoms with van der Waals surface area (Å²) in [5, 5.41) is 20.1. The lowest BCUT2D eigenvalue weighted by Gasteiger charge is -2.21. The molecule has 1 heterocycles. The fourth-order valence-electron chi connectivity index (χ4n) is 1.58. The molecule has 0 aromatic heterocycles. The molecule has 2 unspecified atom stereocenters. The maximum absolute atomic E-state index is 10.7. The Labute approximate surface area is 79.9 Å². The Bertz CT molecular complexity index is 393. The Hall–Kier alpha value is -1.91. The first kappa shape index (κ1) is 8.68. The summed E-state index contributed by atoms with van der Waals surface area (Å²) in [6, 6.07) is -0.824. The summed E-state index contributed by atoms with van der Waals surface area (Å²) in [6.07, 6.45) is 7.55. The molecule has 0 saturated carbocycles. The average molecular weight is 192 g/mol. The van der Waals surface area contributed by atoms with E-state index in [4.69, 9.17) is 0 Å². The molecule has 72 valence electrons. The molecule has 1 aliphatic carbocycles. The molecule has 1 aliphatic heterocycles. The Balaban J connectivity index is 2.41. The quantitative estimate of drug-likeness (QED) is 0.501. The smallest absolute Gasteiger partial charge is 0.243 e. The van der Waals surface area contributed by atoms with E-state index in [1.165, 1.54) is 18.4 Å². The summed E-state index contributed by atoms with van der Waals surface area (Å²) in [5.74, 6) is -0.436. The number of fused-ring (bicyclic) bond motifs is 1. The lowest BCUT2D eigenvalue weighted by atomic mass is 9.90. The van der Waals surface area contributed by atoms with Crippen molar-refractivity contribution in [3.63, 3.8) is 0 Å². The Morgan fingerprint density at radius 1 is 1.50 bits per heavy atom. The minimum atomic E-state index is -0.824. The number of aliphatic imine (C=N–C) groups is 1. The Kier molecular flexibility index (Phi) is 1.92. The van der Waals surface area contributed by atoms with Gasteiger partial charge in [-0.15, -0.1) is 0 Å². The molecule has 2 aliphatic rings. The largest absolute Gasteiger partial charge is 0.506 e. The fraction of sp³-hybridized carbons (Fsp3) is 0.222. The van der Waals surface area contributed by atoms with Gasteiger partial charge in [-0.3, -0.25) is 15.1 Å². The van der Waals surface area contributed by atoms with E-state index in [9.17, 15) is 15.2 Å². The van der Waals surface area contributed by atoms with Crippen LogP contribution in [0.3, 0.4) is 0 Å². The van der Waals surface area contributed by atoms with Crippen LogP contribution >= 0.6 is 0 Å². The van der Waals surface area contributed by atoms with E-state index >= 15 is 0 Å². The number of dihydropyridines is 1. The lowest BCUT2D eigenvalue weighted by molar-refractivity contribution is -0.514. The van der Waals surface area contributed by atoms with E-state index in [1.54, 1.807) is 12.2 Å². The minimum absolute atomic E-state index is 0.00806. The zero-order chi connectivity index (χ0) is 10.1. The Morgan fingerprint density at radius 2 is 2.29 bits per heavy atom. The Morgan fingerprint density at radius 3 is 3.00 bits per heavy atom. The van der Waals surface area contributed by atoms with Crippen LogP contribution in [0.1, 0.15) is 0 Å². The number of aliphatic hydroxyl groups excluding tert-OH is 1. The highest BCUT2D eigenvalue weighted by atomic mass is 16.6. The highest BCUT2D eigenvalue weighted by Gasteiger charge is 2.35. The normalized spacial score (nSPS) is 29.1. The molecule has 5 heteroatoms. The number of rotatable bonds is 1. The number of nitrogens with zero attached hydrogens (tertiary/aromatic N) is 2. The van der Waals surface area contributed by atoms with Crippen molar-refractivity contribution in [2.75, 3.05) is 0 Å². The molecule has 0 saturated heterocycles. The molecule has 2 rings (SSSR count). The fourth-order valence-corrected chi connectivity index (χ4v) is 1.58. The summed E-state index contributed by atoms with van der Waals surface area (Å²) in [7, 11) is 0. The molecule has 0 aromatic carbocycles. The van der Waals surface area contributed by atoms with Crippen LogP contribution in [0, 0.1) is 16.0 Å². The first-order valence-electron chi connectivity index (χ1n) is 4.16. The molecular weight excluding hydrogens is 184 g/mol. The SMILES string of the molecule is O=[N+]([O-])C1C=CC(O)=C2N=CC=CC21. The molecular formula is C9H8N2O3. The van der Waals surface area contributed by atoms with Crippen molar-refractivity contribution in [1.82, 2.24) is 0 Å². The van der Waals surface area contributed by atoms with Gasteiger partial charge in [0, 0.05) is 11.1 Å². The molecule has 2 atom stereocenters. The van der Waals surface area contributed by atoms with Crippen molar-refractivity contribution in [3.05, 3.63) is 45.9 Å². The predicted octanol–water partition coefficient (Wildman–Crippen LogP) is 1.23. The van der Waals surface area contributed by atoms with Crippen molar-refractivity contribution in [2.24, 2.45) is 10.9 Å². The summed E-state index contributed by atoms with van der Waals surface area (Å²) in [5.41, 5.74) is 0.372. The lowest BCUT2D eigenvalue weighted by Crippen LogP contribution is -2.30. The maximum Gasteiger partial charge on any atom is 0.243 e. The highest BCUT2D eigenvalue weighted by molar-refractivity contribution is 5.74. The highest BCUT2D eigenvalue weighted by Crippen LogP contribution is 2.29. The third kappa shape index (κ3) is 1.22. The molecule has 0 radical (unpaired) electrons. The van der Waals surface area contributed by atoms with Gasteiger partial charge in [0.1, 0.15) is 5.76 Å². The van der Waals surface area contributed by atoms with Gasteiger partial charge in [-0.1, -0.05) is 6.08 Å². The number of aliphatic hydroxyl groups is 1. The summed E-state index contributed by atoms with van der Waals surface area (Å²) in [6.45, 7) is 0. The van der Waals surface area contributed by atoms with Gasteiger partial charge < -0.3 is 5.11 Å². The van der Waals surface area contributed by atoms with E-state index in [-0.39, 0.29) is 10.7 Å². The second-order valence-corrected chi connectivity index (χ2v) is 3.09. The van der Waals surface area contributed by atoms with Crippen LogP contribution < -0.4 is 0 Å². The van der Waals surface area contributed by atoms with Gasteiger partial charge in [0.25, 0.3) is 0 Å². The van der Waals surface area contributed by atoms with Crippen LogP contribution in [0.5, 0.6) is 0 Å². The van der Waals surface area contributed by atoms with Crippen molar-refractivity contribution >= 4 is 6.21 Å². The third-order valence-electron chi connectivity index (χ3n) is 2.26. The van der Waals surface area contributed by atoms with Gasteiger partial charge in [-0.25, -0.2) is 0 Å². The second-order valence-electron chi connectivity index (χ2n) is 3.09. The van der Waals surface area contributed by atoms with Crippen molar-refractivity contribution in [2.45, 2.75) is 6.04 Å². The zero-order valence-electron chi connectivity index (χ0n) is 7.20. The van der Waals surface area contributed by atoms with E-state index in [0.29, 0.717) is 5.70 Å². The van der Waals surface area contributed by atoms with Crippen LogP contribution in [-0.4, -0.2) is 22.3 Å². The van der Waals surface area contributed by atoms with Crippen LogP contribution in [0.2, 0.25) is 0 Å². The monoisotopic (exact) mass is 192 g/mol. The van der Waals surface area contributed by atoms with Crippen molar-refractivity contribution in [3.8, 4) is 0 Å². The molecule has 1 N–H and O–H groups in total. The molecule has 0 fully saturated rings. The van der Waals surface area contributed by atoms with Crippen molar-refractivity contribution in [1.29, 1.82) is 0 Å². The summed E-state index contributed by atoms with van der Waals surface area (Å²) in [4.78, 5) is 14.2. The second kappa shape index (κ2) is 3.10. The number of hydrogen-bond acceptors (Lipinski definition) is 4. The van der Waals surface area contributed by atoms with Gasteiger partial charge in [-0.05, 0) is 18.2 Å². The van der Waals surface area contributed by atoms with Crippen LogP contribution in [0.25, 0.3) is 0 Å². The number of hydrogen-bond donors (Lipinski definition) is 1. The third-order valence-corrected chi connectivity index (χ3v) is 2.26. The van der Waals surface area contributed by atoms with Gasteiger partial charge in [0.15, 0.2) is 0 Å². The molecule has 0 bridgehead atoms. The maximum atomic E-state index is 10.7. The first-order valence-corrected chi connectivity index (χ1v) is 4.16. The van der Waals surface area contributed by atoms with Crippen LogP contribution in [0.4, 0.5) is 0 Å². The van der Waals surface area contributed by atoms with Gasteiger partial charge in [-0.2, -0.15) is 0 Å². The molecule has 0 amide bonds. The topological polar surface area (TPSA) is 75.7 Å². The summed E-state index contributed by atoms with van der Waals surface area (Å²) < 4.78 is 0. The standard InChI is InChI=1S/C9H8N2O3/c12-8-4-3-7(11(13)14)6-2-1-5-10-9(6)8/h1-7,12H. The van der Waals surface area contributed by atoms with E-state index in [2.05, 4.69) is 4.99 Å².